The van der Waals surface area contributed by atoms with Crippen molar-refractivity contribution in [1.82, 2.24) is 5.32 Å². The van der Waals surface area contributed by atoms with Crippen molar-refractivity contribution in [3.8, 4) is 5.75 Å². The van der Waals surface area contributed by atoms with Crippen LogP contribution >= 0.6 is 0 Å². The SMILES string of the molecule is CNC(C)C(Cc1cc(C)ccc1OC)C(C)C. The minimum atomic E-state index is 0.509. The monoisotopic (exact) mass is 249 g/mol. The van der Waals surface area contributed by atoms with Crippen molar-refractivity contribution in [2.45, 2.75) is 40.2 Å². The molecule has 1 rings (SSSR count). The van der Waals surface area contributed by atoms with Crippen LogP contribution in [-0.4, -0.2) is 20.2 Å². The number of nitrogens with one attached hydrogen (secondary N) is 1. The molecule has 0 radical (unpaired) electrons. The number of rotatable bonds is 6. The topological polar surface area (TPSA) is 21.3 Å². The van der Waals surface area contributed by atoms with Gasteiger partial charge in [-0.05, 0) is 50.8 Å². The second-order valence-electron chi connectivity index (χ2n) is 5.50. The quantitative estimate of drug-likeness (QED) is 0.834. The van der Waals surface area contributed by atoms with Gasteiger partial charge in [0.1, 0.15) is 5.75 Å². The number of benzene rings is 1. The van der Waals surface area contributed by atoms with Gasteiger partial charge in [-0.2, -0.15) is 0 Å². The molecule has 0 aliphatic carbocycles. The molecule has 0 spiro atoms. The number of ether oxygens (including phenoxy) is 1. The Morgan fingerprint density at radius 2 is 1.89 bits per heavy atom. The zero-order valence-corrected chi connectivity index (χ0v) is 12.6. The summed E-state index contributed by atoms with van der Waals surface area (Å²) in [5.74, 6) is 2.28. The molecule has 0 saturated carbocycles. The average Bonchev–Trinajstić information content (AvgIpc) is 2.34. The maximum atomic E-state index is 5.47. The minimum Gasteiger partial charge on any atom is -0.496 e. The maximum Gasteiger partial charge on any atom is 0.122 e. The predicted octanol–water partition coefficient (Wildman–Crippen LogP) is 3.43. The van der Waals surface area contributed by atoms with Crippen LogP contribution in [0.5, 0.6) is 5.75 Å². The predicted molar refractivity (Wildman–Crippen MR) is 78.3 cm³/mol. The van der Waals surface area contributed by atoms with Gasteiger partial charge >= 0.3 is 0 Å². The highest BCUT2D eigenvalue weighted by molar-refractivity contribution is 5.37. The van der Waals surface area contributed by atoms with Gasteiger partial charge < -0.3 is 10.1 Å². The first-order valence-corrected chi connectivity index (χ1v) is 6.80. The van der Waals surface area contributed by atoms with E-state index in [9.17, 15) is 0 Å². The van der Waals surface area contributed by atoms with Crippen LogP contribution in [0.2, 0.25) is 0 Å². The summed E-state index contributed by atoms with van der Waals surface area (Å²) >= 11 is 0. The van der Waals surface area contributed by atoms with Crippen LogP contribution in [0.25, 0.3) is 0 Å². The summed E-state index contributed by atoms with van der Waals surface area (Å²) in [6, 6.07) is 6.94. The molecule has 0 fully saturated rings. The lowest BCUT2D eigenvalue weighted by Gasteiger charge is -2.28. The highest BCUT2D eigenvalue weighted by Crippen LogP contribution is 2.27. The molecule has 2 atom stereocenters. The van der Waals surface area contributed by atoms with Crippen molar-refractivity contribution in [1.29, 1.82) is 0 Å². The van der Waals surface area contributed by atoms with E-state index in [0.717, 1.165) is 12.2 Å². The second kappa shape index (κ2) is 6.79. The van der Waals surface area contributed by atoms with E-state index < -0.39 is 0 Å². The second-order valence-corrected chi connectivity index (χ2v) is 5.50. The lowest BCUT2D eigenvalue weighted by atomic mass is 9.83. The van der Waals surface area contributed by atoms with Crippen molar-refractivity contribution in [3.63, 3.8) is 0 Å². The summed E-state index contributed by atoms with van der Waals surface area (Å²) in [6.07, 6.45) is 1.06. The van der Waals surface area contributed by atoms with Crippen molar-refractivity contribution in [3.05, 3.63) is 29.3 Å². The van der Waals surface area contributed by atoms with Crippen LogP contribution in [0.1, 0.15) is 31.9 Å². The smallest absolute Gasteiger partial charge is 0.122 e. The number of aryl methyl sites for hydroxylation is 1. The van der Waals surface area contributed by atoms with E-state index in [1.807, 2.05) is 7.05 Å². The fourth-order valence-electron chi connectivity index (χ4n) is 2.52. The highest BCUT2D eigenvalue weighted by Gasteiger charge is 2.21. The van der Waals surface area contributed by atoms with E-state index in [4.69, 9.17) is 4.74 Å². The minimum absolute atomic E-state index is 0.509. The molecular formula is C16H27NO. The van der Waals surface area contributed by atoms with Gasteiger partial charge in [0.2, 0.25) is 0 Å². The molecule has 0 bridgehead atoms. The fourth-order valence-corrected chi connectivity index (χ4v) is 2.52. The van der Waals surface area contributed by atoms with E-state index >= 15 is 0 Å². The van der Waals surface area contributed by atoms with E-state index in [-0.39, 0.29) is 0 Å². The van der Waals surface area contributed by atoms with E-state index in [0.29, 0.717) is 17.9 Å². The molecule has 0 saturated heterocycles. The Bertz CT molecular complexity index is 373. The lowest BCUT2D eigenvalue weighted by Crippen LogP contribution is -2.35. The van der Waals surface area contributed by atoms with Crippen molar-refractivity contribution < 1.29 is 4.74 Å². The van der Waals surface area contributed by atoms with Crippen molar-refractivity contribution in [2.75, 3.05) is 14.2 Å². The zero-order chi connectivity index (χ0) is 13.7. The summed E-state index contributed by atoms with van der Waals surface area (Å²) in [4.78, 5) is 0. The van der Waals surface area contributed by atoms with Gasteiger partial charge in [-0.15, -0.1) is 0 Å². The molecule has 2 heteroatoms. The van der Waals surface area contributed by atoms with Crippen molar-refractivity contribution in [2.24, 2.45) is 11.8 Å². The normalized spacial score (nSPS) is 14.6. The molecule has 18 heavy (non-hydrogen) atoms. The molecule has 0 amide bonds. The zero-order valence-electron chi connectivity index (χ0n) is 12.6. The number of hydrogen-bond donors (Lipinski definition) is 1. The van der Waals surface area contributed by atoms with Crippen molar-refractivity contribution >= 4 is 0 Å². The van der Waals surface area contributed by atoms with E-state index in [1.54, 1.807) is 7.11 Å². The molecule has 0 aliphatic heterocycles. The molecule has 1 aromatic carbocycles. The Balaban J connectivity index is 2.96. The highest BCUT2D eigenvalue weighted by atomic mass is 16.5. The van der Waals surface area contributed by atoms with Crippen LogP contribution < -0.4 is 10.1 Å². The first-order chi connectivity index (χ1) is 8.49. The number of hydrogen-bond acceptors (Lipinski definition) is 2. The third-order valence-electron chi connectivity index (χ3n) is 3.85. The molecule has 102 valence electrons. The van der Waals surface area contributed by atoms with Gasteiger partial charge in [-0.3, -0.25) is 0 Å². The van der Waals surface area contributed by atoms with Gasteiger partial charge in [0.15, 0.2) is 0 Å². The third-order valence-corrected chi connectivity index (χ3v) is 3.85. The Kier molecular flexibility index (Phi) is 5.67. The molecule has 1 N–H and O–H groups in total. The summed E-state index contributed by atoms with van der Waals surface area (Å²) in [7, 11) is 3.79. The van der Waals surface area contributed by atoms with Crippen LogP contribution in [0, 0.1) is 18.8 Å². The molecule has 0 aliphatic rings. The molecule has 0 heterocycles. The van der Waals surface area contributed by atoms with Crippen LogP contribution in [-0.2, 0) is 6.42 Å². The molecule has 1 aromatic rings. The van der Waals surface area contributed by atoms with E-state index in [2.05, 4.69) is 51.2 Å². The van der Waals surface area contributed by atoms with Gasteiger partial charge in [0.05, 0.1) is 7.11 Å². The fraction of sp³-hybridized carbons (Fsp3) is 0.625. The van der Waals surface area contributed by atoms with Gasteiger partial charge in [-0.1, -0.05) is 31.5 Å². The third kappa shape index (κ3) is 3.74. The molecular weight excluding hydrogens is 222 g/mol. The van der Waals surface area contributed by atoms with Crippen LogP contribution in [0.15, 0.2) is 18.2 Å². The maximum absolute atomic E-state index is 5.47. The summed E-state index contributed by atoms with van der Waals surface area (Å²) in [5, 5.41) is 3.38. The standard InChI is InChI=1S/C16H27NO/c1-11(2)15(13(4)17-5)10-14-9-12(3)7-8-16(14)18-6/h7-9,11,13,15,17H,10H2,1-6H3. The Morgan fingerprint density at radius 1 is 1.22 bits per heavy atom. The van der Waals surface area contributed by atoms with Crippen LogP contribution in [0.4, 0.5) is 0 Å². The van der Waals surface area contributed by atoms with Gasteiger partial charge in [0, 0.05) is 6.04 Å². The number of methoxy groups -OCH3 is 1. The summed E-state index contributed by atoms with van der Waals surface area (Å²) in [5.41, 5.74) is 2.61. The summed E-state index contributed by atoms with van der Waals surface area (Å²) < 4.78 is 5.47. The lowest BCUT2D eigenvalue weighted by molar-refractivity contribution is 0.296. The summed E-state index contributed by atoms with van der Waals surface area (Å²) in [6.45, 7) is 8.98. The molecule has 2 nitrogen and oxygen atoms in total. The average molecular weight is 249 g/mol. The Hall–Kier alpha value is -1.02. The van der Waals surface area contributed by atoms with Gasteiger partial charge in [-0.25, -0.2) is 0 Å². The largest absolute Gasteiger partial charge is 0.496 e. The van der Waals surface area contributed by atoms with Crippen LogP contribution in [0.3, 0.4) is 0 Å². The van der Waals surface area contributed by atoms with E-state index in [1.165, 1.54) is 11.1 Å². The first-order valence-electron chi connectivity index (χ1n) is 6.80. The Morgan fingerprint density at radius 3 is 2.39 bits per heavy atom. The molecule has 0 aromatic heterocycles. The van der Waals surface area contributed by atoms with Gasteiger partial charge in [0.25, 0.3) is 0 Å². The Labute approximate surface area is 112 Å². The first kappa shape index (κ1) is 15.0. The molecule has 2 unspecified atom stereocenters.